The Bertz CT molecular complexity index is 707. The number of nitrogens with zero attached hydrogens (tertiary/aromatic N) is 4. The van der Waals surface area contributed by atoms with Crippen LogP contribution < -0.4 is 4.74 Å². The minimum Gasteiger partial charge on any atom is -0.476 e. The Balaban J connectivity index is 1.64. The van der Waals surface area contributed by atoms with Crippen molar-refractivity contribution in [1.29, 1.82) is 0 Å². The minimum absolute atomic E-state index is 0.0794. The van der Waals surface area contributed by atoms with E-state index in [2.05, 4.69) is 22.0 Å². The second kappa shape index (κ2) is 5.91. The standard InChI is InChI=1S/C16H21ClN4O2/c1-16(6-4-7-16)10-23-14-11-9-18-21(12-5-2-3-8-22-12)13(11)19-15(17)20-14/h9,12H,2-8,10H2,1H3. The number of hydrogen-bond donors (Lipinski definition) is 0. The minimum atomic E-state index is -0.0794. The number of rotatable bonds is 4. The van der Waals surface area contributed by atoms with E-state index in [-0.39, 0.29) is 16.9 Å². The van der Waals surface area contributed by atoms with Gasteiger partial charge in [-0.1, -0.05) is 13.3 Å². The first-order valence-electron chi connectivity index (χ1n) is 8.30. The van der Waals surface area contributed by atoms with Gasteiger partial charge in [-0.3, -0.25) is 0 Å². The van der Waals surface area contributed by atoms with E-state index in [1.165, 1.54) is 19.3 Å². The molecule has 0 radical (unpaired) electrons. The predicted octanol–water partition coefficient (Wildman–Crippen LogP) is 3.75. The lowest BCUT2D eigenvalue weighted by Gasteiger charge is -2.37. The maximum Gasteiger partial charge on any atom is 0.229 e. The average Bonchev–Trinajstić information content (AvgIpc) is 2.95. The van der Waals surface area contributed by atoms with Crippen LogP contribution in [-0.2, 0) is 4.74 Å². The summed E-state index contributed by atoms with van der Waals surface area (Å²) < 4.78 is 13.6. The van der Waals surface area contributed by atoms with E-state index < -0.39 is 0 Å². The first-order chi connectivity index (χ1) is 11.1. The molecule has 0 bridgehead atoms. The third-order valence-corrected chi connectivity index (χ3v) is 5.11. The Labute approximate surface area is 140 Å². The summed E-state index contributed by atoms with van der Waals surface area (Å²) in [6.45, 7) is 3.66. The van der Waals surface area contributed by atoms with Crippen LogP contribution in [0.5, 0.6) is 5.88 Å². The van der Waals surface area contributed by atoms with Crippen molar-refractivity contribution < 1.29 is 9.47 Å². The zero-order valence-corrected chi connectivity index (χ0v) is 14.1. The van der Waals surface area contributed by atoms with Gasteiger partial charge in [-0.25, -0.2) is 4.68 Å². The molecule has 124 valence electrons. The number of halogens is 1. The highest BCUT2D eigenvalue weighted by atomic mass is 35.5. The summed E-state index contributed by atoms with van der Waals surface area (Å²) in [5.74, 6) is 0.523. The van der Waals surface area contributed by atoms with Crippen molar-refractivity contribution in [3.63, 3.8) is 0 Å². The van der Waals surface area contributed by atoms with Gasteiger partial charge in [0, 0.05) is 12.0 Å². The maximum absolute atomic E-state index is 6.11. The third kappa shape index (κ3) is 2.90. The molecule has 2 aliphatic rings. The van der Waals surface area contributed by atoms with Crippen molar-refractivity contribution in [2.45, 2.75) is 51.7 Å². The van der Waals surface area contributed by atoms with Crippen LogP contribution in [0.2, 0.25) is 5.28 Å². The number of ether oxygens (including phenoxy) is 2. The Kier molecular flexibility index (Phi) is 3.89. The second-order valence-corrected chi connectivity index (χ2v) is 7.24. The lowest BCUT2D eigenvalue weighted by atomic mass is 9.71. The molecule has 1 atom stereocenters. The van der Waals surface area contributed by atoms with Crippen LogP contribution in [0.15, 0.2) is 6.20 Å². The lowest BCUT2D eigenvalue weighted by molar-refractivity contribution is -0.0370. The summed E-state index contributed by atoms with van der Waals surface area (Å²) in [5.41, 5.74) is 0.942. The van der Waals surface area contributed by atoms with E-state index in [4.69, 9.17) is 21.1 Å². The molecule has 1 unspecified atom stereocenters. The molecule has 0 aromatic carbocycles. The molecule has 4 rings (SSSR count). The van der Waals surface area contributed by atoms with Gasteiger partial charge in [0.15, 0.2) is 11.9 Å². The molecule has 1 saturated heterocycles. The molecule has 6 nitrogen and oxygen atoms in total. The van der Waals surface area contributed by atoms with Crippen LogP contribution in [0.3, 0.4) is 0 Å². The van der Waals surface area contributed by atoms with Crippen molar-refractivity contribution in [1.82, 2.24) is 19.7 Å². The van der Waals surface area contributed by atoms with Gasteiger partial charge in [-0.05, 0) is 43.7 Å². The van der Waals surface area contributed by atoms with Crippen LogP contribution >= 0.6 is 11.6 Å². The molecule has 1 aliphatic carbocycles. The van der Waals surface area contributed by atoms with E-state index in [1.54, 1.807) is 10.9 Å². The number of aromatic nitrogens is 4. The summed E-state index contributed by atoms with van der Waals surface area (Å²) in [7, 11) is 0. The zero-order chi connectivity index (χ0) is 15.9. The molecule has 2 aromatic rings. The zero-order valence-electron chi connectivity index (χ0n) is 13.3. The van der Waals surface area contributed by atoms with Crippen LogP contribution in [0.25, 0.3) is 11.0 Å². The van der Waals surface area contributed by atoms with Gasteiger partial charge in [-0.2, -0.15) is 15.1 Å². The Morgan fingerprint density at radius 1 is 1.35 bits per heavy atom. The summed E-state index contributed by atoms with van der Waals surface area (Å²) in [4.78, 5) is 8.60. The van der Waals surface area contributed by atoms with Crippen molar-refractivity contribution in [2.75, 3.05) is 13.2 Å². The second-order valence-electron chi connectivity index (χ2n) is 6.90. The van der Waals surface area contributed by atoms with E-state index in [0.29, 0.717) is 18.1 Å². The predicted molar refractivity (Wildman–Crippen MR) is 86.6 cm³/mol. The Hall–Kier alpha value is -1.40. The fourth-order valence-electron chi connectivity index (χ4n) is 3.28. The van der Waals surface area contributed by atoms with Gasteiger partial charge in [0.05, 0.1) is 12.8 Å². The third-order valence-electron chi connectivity index (χ3n) is 4.94. The van der Waals surface area contributed by atoms with Gasteiger partial charge in [-0.15, -0.1) is 0 Å². The maximum atomic E-state index is 6.11. The van der Waals surface area contributed by atoms with Gasteiger partial charge in [0.25, 0.3) is 0 Å². The van der Waals surface area contributed by atoms with Crippen molar-refractivity contribution in [3.05, 3.63) is 11.5 Å². The van der Waals surface area contributed by atoms with Crippen LogP contribution in [0, 0.1) is 5.41 Å². The lowest BCUT2D eigenvalue weighted by Crippen LogP contribution is -2.32. The average molecular weight is 337 g/mol. The fraction of sp³-hybridized carbons (Fsp3) is 0.688. The van der Waals surface area contributed by atoms with Crippen molar-refractivity contribution in [3.8, 4) is 5.88 Å². The Morgan fingerprint density at radius 3 is 2.91 bits per heavy atom. The topological polar surface area (TPSA) is 62.1 Å². The fourth-order valence-corrected chi connectivity index (χ4v) is 3.44. The number of hydrogen-bond acceptors (Lipinski definition) is 5. The summed E-state index contributed by atoms with van der Waals surface area (Å²) in [6.07, 6.45) is 8.51. The highest BCUT2D eigenvalue weighted by Crippen LogP contribution is 2.41. The normalized spacial score (nSPS) is 23.7. The highest BCUT2D eigenvalue weighted by Gasteiger charge is 2.33. The molecule has 3 heterocycles. The monoisotopic (exact) mass is 336 g/mol. The molecule has 0 N–H and O–H groups in total. The largest absolute Gasteiger partial charge is 0.476 e. The molecule has 2 aromatic heterocycles. The van der Waals surface area contributed by atoms with E-state index in [0.717, 1.165) is 31.3 Å². The molecular weight excluding hydrogens is 316 g/mol. The van der Waals surface area contributed by atoms with Crippen LogP contribution in [0.4, 0.5) is 0 Å². The Morgan fingerprint density at radius 2 is 2.22 bits per heavy atom. The molecule has 7 heteroatoms. The molecule has 0 amide bonds. The quantitative estimate of drug-likeness (QED) is 0.796. The summed E-state index contributed by atoms with van der Waals surface area (Å²) in [5, 5.41) is 5.43. The van der Waals surface area contributed by atoms with Crippen LogP contribution in [0.1, 0.15) is 51.7 Å². The first kappa shape index (κ1) is 15.1. The number of fused-ring (bicyclic) bond motifs is 1. The summed E-state index contributed by atoms with van der Waals surface area (Å²) >= 11 is 6.11. The van der Waals surface area contributed by atoms with Gasteiger partial charge < -0.3 is 9.47 Å². The molecule has 1 aliphatic heterocycles. The van der Waals surface area contributed by atoms with Crippen molar-refractivity contribution in [2.24, 2.45) is 5.41 Å². The molecule has 0 spiro atoms. The first-order valence-corrected chi connectivity index (χ1v) is 8.68. The van der Waals surface area contributed by atoms with E-state index in [1.807, 2.05) is 0 Å². The van der Waals surface area contributed by atoms with Gasteiger partial charge >= 0.3 is 0 Å². The SMILES string of the molecule is CC1(COc2nc(Cl)nc3c2cnn3C2CCCCO2)CCC1. The smallest absolute Gasteiger partial charge is 0.229 e. The highest BCUT2D eigenvalue weighted by molar-refractivity contribution is 6.28. The molecule has 2 fully saturated rings. The summed E-state index contributed by atoms with van der Waals surface area (Å²) in [6, 6.07) is 0. The molecule has 23 heavy (non-hydrogen) atoms. The van der Waals surface area contributed by atoms with Gasteiger partial charge in [0.2, 0.25) is 11.2 Å². The molecule has 1 saturated carbocycles. The van der Waals surface area contributed by atoms with E-state index in [9.17, 15) is 0 Å². The van der Waals surface area contributed by atoms with Crippen molar-refractivity contribution >= 4 is 22.6 Å². The molecular formula is C16H21ClN4O2. The van der Waals surface area contributed by atoms with E-state index >= 15 is 0 Å². The van der Waals surface area contributed by atoms with Crippen LogP contribution in [-0.4, -0.2) is 33.0 Å². The van der Waals surface area contributed by atoms with Gasteiger partial charge in [0.1, 0.15) is 5.39 Å².